The number of aryl methyl sites for hydroxylation is 1. The van der Waals surface area contributed by atoms with Crippen LogP contribution in [0.5, 0.6) is 5.75 Å². The van der Waals surface area contributed by atoms with E-state index in [1.807, 2.05) is 0 Å². The lowest BCUT2D eigenvalue weighted by atomic mass is 9.74. The van der Waals surface area contributed by atoms with Crippen LogP contribution in [0.4, 0.5) is 30.2 Å². The zero-order valence-electron chi connectivity index (χ0n) is 50.3. The number of amides is 2. The van der Waals surface area contributed by atoms with Crippen LogP contribution in [0, 0.1) is 31.6 Å². The number of nitrogens with one attached hydrogen (secondary N) is 3. The van der Waals surface area contributed by atoms with Crippen molar-refractivity contribution in [1.82, 2.24) is 20.5 Å². The van der Waals surface area contributed by atoms with Gasteiger partial charge < -0.3 is 73.0 Å². The molecule has 2 aromatic carbocycles. The number of alkyl halides is 3. The molecule has 2 unspecified atom stereocenters. The number of pyridine rings is 1. The molecule has 0 radical (unpaired) electrons. The van der Waals surface area contributed by atoms with E-state index in [2.05, 4.69) is 34.8 Å². The molecule has 3 heterocycles. The quantitative estimate of drug-likeness (QED) is 0.0288. The second-order valence-corrected chi connectivity index (χ2v) is 21.6. The maximum Gasteiger partial charge on any atom is 0.418 e. The monoisotopic (exact) mass is 1240 g/mol. The maximum atomic E-state index is 14.5. The van der Waals surface area contributed by atoms with E-state index < -0.39 is 27.0 Å². The van der Waals surface area contributed by atoms with Crippen LogP contribution in [0.1, 0.15) is 91.7 Å². The number of fused-ring (bicyclic) bond motifs is 1. The van der Waals surface area contributed by atoms with Gasteiger partial charge in [0.25, 0.3) is 17.3 Å². The van der Waals surface area contributed by atoms with Gasteiger partial charge in [0.1, 0.15) is 11.4 Å². The number of carbonyl (C=O) groups excluding carboxylic acids is 2. The van der Waals surface area contributed by atoms with Gasteiger partial charge in [-0.25, -0.2) is 0 Å². The van der Waals surface area contributed by atoms with Crippen LogP contribution in [0.15, 0.2) is 48.5 Å². The first-order valence-electron chi connectivity index (χ1n) is 30.2. The first-order chi connectivity index (χ1) is 42.1. The number of hydrogen-bond donors (Lipinski definition) is 3. The van der Waals surface area contributed by atoms with Crippen LogP contribution in [0.3, 0.4) is 0 Å². The van der Waals surface area contributed by atoms with Crippen molar-refractivity contribution in [1.29, 1.82) is 0 Å². The summed E-state index contributed by atoms with van der Waals surface area (Å²) < 4.78 is 105. The molecule has 27 heteroatoms. The lowest BCUT2D eigenvalue weighted by Crippen LogP contribution is -2.49. The Morgan fingerprint density at radius 1 is 0.713 bits per heavy atom. The molecule has 1 saturated heterocycles. The third-order valence-electron chi connectivity index (χ3n) is 15.2. The van der Waals surface area contributed by atoms with Gasteiger partial charge in [-0.1, -0.05) is 19.9 Å². The number of halogens is 3. The predicted molar refractivity (Wildman–Crippen MR) is 313 cm³/mol. The predicted octanol–water partition coefficient (Wildman–Crippen LogP) is 7.16. The number of nitrogens with zero attached hydrogens (tertiary/aromatic N) is 4. The second-order valence-electron chi connectivity index (χ2n) is 21.6. The molecular formula is C60H88F3N7O17. The summed E-state index contributed by atoms with van der Waals surface area (Å²) in [5.74, 6) is 0.298. The van der Waals surface area contributed by atoms with Gasteiger partial charge in [0, 0.05) is 75.2 Å². The molecule has 6 rings (SSSR count). The Morgan fingerprint density at radius 3 is 1.84 bits per heavy atom. The Kier molecular flexibility index (Phi) is 31.3. The Balaban J connectivity index is 0.695. The normalized spacial score (nSPS) is 17.2. The van der Waals surface area contributed by atoms with E-state index in [1.54, 1.807) is 29.2 Å². The van der Waals surface area contributed by atoms with Gasteiger partial charge in [0.15, 0.2) is 0 Å². The van der Waals surface area contributed by atoms with Gasteiger partial charge in [-0.15, -0.1) is 0 Å². The lowest BCUT2D eigenvalue weighted by molar-refractivity contribution is -0.393. The van der Waals surface area contributed by atoms with E-state index in [-0.39, 0.29) is 92.4 Å². The Morgan fingerprint density at radius 2 is 1.29 bits per heavy atom. The van der Waals surface area contributed by atoms with E-state index in [0.29, 0.717) is 160 Å². The summed E-state index contributed by atoms with van der Waals surface area (Å²) >= 11 is 0. The Labute approximate surface area is 506 Å². The van der Waals surface area contributed by atoms with Gasteiger partial charge in [0.05, 0.1) is 158 Å². The third-order valence-corrected chi connectivity index (χ3v) is 15.2. The zero-order valence-corrected chi connectivity index (χ0v) is 50.3. The number of benzene rings is 2. The van der Waals surface area contributed by atoms with E-state index in [0.717, 1.165) is 51.4 Å². The molecular weight excluding hydrogens is 1150 g/mol. The van der Waals surface area contributed by atoms with Crippen LogP contribution in [0.2, 0.25) is 0 Å². The number of carbonyl (C=O) groups is 2. The number of anilines is 1. The molecule has 2 fully saturated rings. The van der Waals surface area contributed by atoms with Crippen molar-refractivity contribution in [2.45, 2.75) is 96.4 Å². The van der Waals surface area contributed by atoms with Crippen LogP contribution in [0.25, 0.3) is 0 Å². The van der Waals surface area contributed by atoms with Crippen LogP contribution in [-0.2, 0) is 77.7 Å². The molecule has 2 amide bonds. The number of hydrogen-bond acceptors (Lipinski definition) is 20. The number of nitro groups is 2. The molecule has 0 spiro atoms. The smallest absolute Gasteiger partial charge is 0.418 e. The highest BCUT2D eigenvalue weighted by atomic mass is 19.4. The fourth-order valence-electron chi connectivity index (χ4n) is 10.5. The fourth-order valence-corrected chi connectivity index (χ4v) is 10.5. The average Bonchev–Trinajstić information content (AvgIpc) is 1.85. The molecule has 1 saturated carbocycles. The molecule has 486 valence electrons. The minimum atomic E-state index is -4.60. The van der Waals surface area contributed by atoms with E-state index in [4.69, 9.17) is 52.1 Å². The van der Waals surface area contributed by atoms with Crippen molar-refractivity contribution in [3.8, 4) is 5.75 Å². The molecule has 3 aromatic rings. The highest BCUT2D eigenvalue weighted by molar-refractivity contribution is 5.94. The summed E-state index contributed by atoms with van der Waals surface area (Å²) in [7, 11) is 0. The van der Waals surface area contributed by atoms with Crippen LogP contribution in [-0.4, -0.2) is 202 Å². The number of aromatic nitrogens is 1. The van der Waals surface area contributed by atoms with Gasteiger partial charge in [-0.3, -0.25) is 34.8 Å². The first-order valence-corrected chi connectivity index (χ1v) is 30.2. The SMILES string of the molecule is CC(C)C1(C(=O)N2CCc3nc(CCCCOc4cccc(C(=O)NCCOCCOCCOCCOCCOCCOCCOCCOCCOCCNc5ccc([N+](=O)[O-])cc5[N+](=O)[O-])c4)c(C(F)(F)F)cc3C2)CCC(NC2CCOCC2)C1. The molecule has 24 nitrogen and oxygen atoms in total. The van der Waals surface area contributed by atoms with Crippen molar-refractivity contribution in [3.05, 3.63) is 96.8 Å². The molecule has 2 aliphatic heterocycles. The number of ether oxygens (including phenoxy) is 11. The van der Waals surface area contributed by atoms with E-state index in [9.17, 15) is 43.0 Å². The minimum Gasteiger partial charge on any atom is -0.494 e. The number of rotatable bonds is 44. The summed E-state index contributed by atoms with van der Waals surface area (Å²) in [6, 6.07) is 11.9. The lowest BCUT2D eigenvalue weighted by Gasteiger charge is -2.40. The first kappa shape index (κ1) is 70.4. The topological polar surface area (TPSA) is 274 Å². The number of unbranched alkanes of at least 4 members (excludes halogenated alkanes) is 1. The standard InChI is InChI=1S/C60H88F3N7O17/c1-45(2)59(15-11-49(43-59)66-48-13-20-77-21-14-48)58(72)68-18-12-53-47(44-68)41-52(60(61,62)63)54(67-53)8-3-4-19-87-51-7-5-6-46(40-51)57(71)65-17-23-79-25-27-81-29-31-83-33-35-85-37-39-86-38-36-84-34-32-82-30-28-80-26-24-78-22-16-64-55-10-9-50(69(73)74)42-56(55)70(75)76/h5-7,9-10,40-42,45,48-49,64,66H,3-4,8,11-39,43-44H2,1-2H3,(H,65,71). The largest absolute Gasteiger partial charge is 0.494 e. The molecule has 1 aliphatic carbocycles. The zero-order chi connectivity index (χ0) is 62.1. The van der Waals surface area contributed by atoms with Crippen molar-refractivity contribution in [2.75, 3.05) is 164 Å². The minimum absolute atomic E-state index is 0.0105. The summed E-state index contributed by atoms with van der Waals surface area (Å²) in [4.78, 5) is 54.2. The molecule has 0 bridgehead atoms. The van der Waals surface area contributed by atoms with Crippen molar-refractivity contribution in [2.24, 2.45) is 11.3 Å². The Hall–Kier alpha value is -5.72. The maximum absolute atomic E-state index is 14.5. The summed E-state index contributed by atoms with van der Waals surface area (Å²) in [6.07, 6.45) is 1.09. The second kappa shape index (κ2) is 38.6. The summed E-state index contributed by atoms with van der Waals surface area (Å²) in [6.45, 7) is 13.7. The van der Waals surface area contributed by atoms with Crippen molar-refractivity contribution < 1.29 is 84.7 Å². The van der Waals surface area contributed by atoms with Crippen molar-refractivity contribution >= 4 is 28.9 Å². The number of non-ortho nitro benzene ring substituents is 1. The van der Waals surface area contributed by atoms with E-state index in [1.165, 1.54) is 18.2 Å². The van der Waals surface area contributed by atoms with Crippen LogP contribution >= 0.6 is 0 Å². The average molecular weight is 1240 g/mol. The van der Waals surface area contributed by atoms with Crippen LogP contribution < -0.4 is 20.7 Å². The third kappa shape index (κ3) is 24.6. The molecule has 1 aromatic heterocycles. The van der Waals surface area contributed by atoms with Gasteiger partial charge in [-0.05, 0) is 93.2 Å². The molecule has 3 aliphatic rings. The highest BCUT2D eigenvalue weighted by Gasteiger charge is 2.50. The molecule has 3 N–H and O–H groups in total. The number of nitro benzene ring substituents is 2. The fraction of sp³-hybridized carbons (Fsp3) is 0.683. The summed E-state index contributed by atoms with van der Waals surface area (Å²) in [5, 5.41) is 31.5. The van der Waals surface area contributed by atoms with Crippen molar-refractivity contribution in [3.63, 3.8) is 0 Å². The summed E-state index contributed by atoms with van der Waals surface area (Å²) in [5.41, 5.74) is -0.393. The molecule has 87 heavy (non-hydrogen) atoms. The highest BCUT2D eigenvalue weighted by Crippen LogP contribution is 2.47. The van der Waals surface area contributed by atoms with Gasteiger partial charge in [-0.2, -0.15) is 13.2 Å². The molecule has 2 atom stereocenters. The van der Waals surface area contributed by atoms with Gasteiger partial charge in [0.2, 0.25) is 5.91 Å². The Bertz CT molecular complexity index is 2550. The van der Waals surface area contributed by atoms with E-state index >= 15 is 0 Å². The van der Waals surface area contributed by atoms with Gasteiger partial charge >= 0.3 is 6.18 Å².